The summed E-state index contributed by atoms with van der Waals surface area (Å²) < 4.78 is 7.90. The monoisotopic (exact) mass is 366 g/mol. The Morgan fingerprint density at radius 1 is 1.32 bits per heavy atom. The highest BCUT2D eigenvalue weighted by molar-refractivity contribution is 14.1. The van der Waals surface area contributed by atoms with Gasteiger partial charge in [0.2, 0.25) is 0 Å². The van der Waals surface area contributed by atoms with Crippen molar-refractivity contribution < 1.29 is 4.42 Å². The number of fused-ring (bicyclic) bond motifs is 1. The minimum atomic E-state index is -0.369. The first-order valence-electron chi connectivity index (χ1n) is 5.85. The lowest BCUT2D eigenvalue weighted by molar-refractivity contribution is 0.517. The van der Waals surface area contributed by atoms with Crippen LogP contribution in [0.1, 0.15) is 11.3 Å². The van der Waals surface area contributed by atoms with E-state index in [1.165, 1.54) is 0 Å². The zero-order valence-electron chi connectivity index (χ0n) is 10.3. The van der Waals surface area contributed by atoms with Crippen molar-refractivity contribution in [1.29, 1.82) is 0 Å². The fraction of sp³-hybridized carbons (Fsp3) is 0.143. The van der Waals surface area contributed by atoms with Crippen LogP contribution in [0.2, 0.25) is 0 Å². The average molecular weight is 366 g/mol. The van der Waals surface area contributed by atoms with Gasteiger partial charge in [0.05, 0.1) is 6.54 Å². The Morgan fingerprint density at radius 3 is 2.95 bits per heavy atom. The van der Waals surface area contributed by atoms with E-state index in [4.69, 9.17) is 4.42 Å². The van der Waals surface area contributed by atoms with Crippen molar-refractivity contribution in [3.63, 3.8) is 0 Å². The van der Waals surface area contributed by atoms with Crippen LogP contribution < -0.4 is 5.76 Å². The smallest absolute Gasteiger partial charge is 0.406 e. The highest BCUT2D eigenvalue weighted by Crippen LogP contribution is 2.14. The molecule has 2 heterocycles. The van der Waals surface area contributed by atoms with Crippen LogP contribution in [0.5, 0.6) is 0 Å². The van der Waals surface area contributed by atoms with E-state index in [2.05, 4.69) is 27.6 Å². The minimum Gasteiger partial charge on any atom is -0.406 e. The summed E-state index contributed by atoms with van der Waals surface area (Å²) >= 11 is 2.25. The zero-order chi connectivity index (χ0) is 13.4. The Balaban J connectivity index is 2.12. The number of halogens is 1. The number of aromatic nitrogens is 2. The molecule has 96 valence electrons. The molecule has 0 saturated carbocycles. The Morgan fingerprint density at radius 2 is 2.16 bits per heavy atom. The first-order chi connectivity index (χ1) is 9.13. The summed E-state index contributed by atoms with van der Waals surface area (Å²) in [4.78, 5) is 16.3. The van der Waals surface area contributed by atoms with Gasteiger partial charge in [-0.05, 0) is 59.3 Å². The molecule has 5 heteroatoms. The molecule has 2 aromatic heterocycles. The van der Waals surface area contributed by atoms with E-state index < -0.39 is 0 Å². The van der Waals surface area contributed by atoms with Gasteiger partial charge in [0.25, 0.3) is 0 Å². The molecule has 3 rings (SSSR count). The van der Waals surface area contributed by atoms with Crippen LogP contribution in [0.4, 0.5) is 0 Å². The molecule has 1 aromatic carbocycles. The van der Waals surface area contributed by atoms with Crippen LogP contribution in [0.15, 0.2) is 45.6 Å². The summed E-state index contributed by atoms with van der Waals surface area (Å²) in [5.41, 5.74) is 3.05. The molecule has 0 unspecified atom stereocenters. The van der Waals surface area contributed by atoms with Crippen molar-refractivity contribution in [3.05, 3.63) is 61.8 Å². The van der Waals surface area contributed by atoms with Gasteiger partial charge in [-0.2, -0.15) is 0 Å². The number of hydrogen-bond acceptors (Lipinski definition) is 3. The third-order valence-corrected chi connectivity index (χ3v) is 3.55. The predicted molar refractivity (Wildman–Crippen MR) is 81.3 cm³/mol. The Hall–Kier alpha value is -1.63. The summed E-state index contributed by atoms with van der Waals surface area (Å²) in [6.45, 7) is 2.37. The molecule has 0 amide bonds. The molecule has 4 nitrogen and oxygen atoms in total. The molecule has 0 saturated heterocycles. The number of aryl methyl sites for hydroxylation is 1. The van der Waals surface area contributed by atoms with E-state index in [0.29, 0.717) is 17.8 Å². The predicted octanol–water partition coefficient (Wildman–Crippen LogP) is 2.95. The maximum Gasteiger partial charge on any atom is 0.421 e. The average Bonchev–Trinajstić information content (AvgIpc) is 2.66. The zero-order valence-corrected chi connectivity index (χ0v) is 12.4. The number of benzene rings is 1. The minimum absolute atomic E-state index is 0.369. The molecular formula is C14H11IN2O2. The van der Waals surface area contributed by atoms with Gasteiger partial charge < -0.3 is 4.42 Å². The molecule has 0 bridgehead atoms. The van der Waals surface area contributed by atoms with Crippen molar-refractivity contribution in [2.45, 2.75) is 13.5 Å². The van der Waals surface area contributed by atoms with Crippen LogP contribution in [0, 0.1) is 10.5 Å². The molecule has 0 aliphatic carbocycles. The van der Waals surface area contributed by atoms with Crippen LogP contribution in [-0.4, -0.2) is 9.55 Å². The third kappa shape index (κ3) is 2.42. The second-order valence-electron chi connectivity index (χ2n) is 4.36. The maximum absolute atomic E-state index is 11.9. The third-order valence-electron chi connectivity index (χ3n) is 2.88. The van der Waals surface area contributed by atoms with Crippen molar-refractivity contribution in [1.82, 2.24) is 9.55 Å². The largest absolute Gasteiger partial charge is 0.421 e. The van der Waals surface area contributed by atoms with Gasteiger partial charge in [-0.1, -0.05) is 12.1 Å². The van der Waals surface area contributed by atoms with Gasteiger partial charge in [0.15, 0.2) is 11.2 Å². The summed E-state index contributed by atoms with van der Waals surface area (Å²) in [5, 5.41) is 0. The SMILES string of the molecule is Cc1ccc2oc(=O)n(Cc3cccc(I)c3)c2n1. The maximum atomic E-state index is 11.9. The van der Waals surface area contributed by atoms with Gasteiger partial charge in [-0.15, -0.1) is 0 Å². The van der Waals surface area contributed by atoms with Gasteiger partial charge in [0, 0.05) is 9.26 Å². The van der Waals surface area contributed by atoms with Crippen molar-refractivity contribution in [2.75, 3.05) is 0 Å². The van der Waals surface area contributed by atoms with Crippen molar-refractivity contribution in [2.24, 2.45) is 0 Å². The van der Waals surface area contributed by atoms with E-state index >= 15 is 0 Å². The highest BCUT2D eigenvalue weighted by atomic mass is 127. The Bertz CT molecular complexity index is 805. The standard InChI is InChI=1S/C14H11IN2O2/c1-9-5-6-12-13(16-9)17(14(18)19-12)8-10-3-2-4-11(15)7-10/h2-7H,8H2,1H3. The lowest BCUT2D eigenvalue weighted by Gasteiger charge is -2.03. The van der Waals surface area contributed by atoms with E-state index in [9.17, 15) is 4.79 Å². The van der Waals surface area contributed by atoms with E-state index in [0.717, 1.165) is 14.8 Å². The van der Waals surface area contributed by atoms with Crippen molar-refractivity contribution >= 4 is 33.8 Å². The van der Waals surface area contributed by atoms with Crippen molar-refractivity contribution in [3.8, 4) is 0 Å². The summed E-state index contributed by atoms with van der Waals surface area (Å²) in [5.74, 6) is -0.369. The second-order valence-corrected chi connectivity index (χ2v) is 5.60. The van der Waals surface area contributed by atoms with Gasteiger partial charge in [-0.3, -0.25) is 4.57 Å². The second kappa shape index (κ2) is 4.80. The number of rotatable bonds is 2. The lowest BCUT2D eigenvalue weighted by Crippen LogP contribution is -2.15. The molecule has 3 aromatic rings. The molecular weight excluding hydrogens is 355 g/mol. The lowest BCUT2D eigenvalue weighted by atomic mass is 10.2. The normalized spacial score (nSPS) is 11.1. The molecule has 0 fully saturated rings. The highest BCUT2D eigenvalue weighted by Gasteiger charge is 2.11. The number of hydrogen-bond donors (Lipinski definition) is 0. The summed E-state index contributed by atoms with van der Waals surface area (Å²) in [7, 11) is 0. The summed E-state index contributed by atoms with van der Waals surface area (Å²) in [6.07, 6.45) is 0. The summed E-state index contributed by atoms with van der Waals surface area (Å²) in [6, 6.07) is 11.6. The van der Waals surface area contributed by atoms with Gasteiger partial charge >= 0.3 is 5.76 Å². The van der Waals surface area contributed by atoms with E-state index in [-0.39, 0.29) is 5.76 Å². The Labute approximate surface area is 123 Å². The van der Waals surface area contributed by atoms with Crippen LogP contribution >= 0.6 is 22.6 Å². The quantitative estimate of drug-likeness (QED) is 0.656. The van der Waals surface area contributed by atoms with Crippen LogP contribution in [-0.2, 0) is 6.54 Å². The molecule has 0 aliphatic rings. The topological polar surface area (TPSA) is 48.0 Å². The van der Waals surface area contributed by atoms with Crippen LogP contribution in [0.3, 0.4) is 0 Å². The fourth-order valence-electron chi connectivity index (χ4n) is 2.00. The van der Waals surface area contributed by atoms with Gasteiger partial charge in [-0.25, -0.2) is 9.78 Å². The molecule has 0 N–H and O–H groups in total. The first kappa shape index (κ1) is 12.4. The molecule has 0 radical (unpaired) electrons. The molecule has 0 atom stereocenters. The number of nitrogens with zero attached hydrogens (tertiary/aromatic N) is 2. The first-order valence-corrected chi connectivity index (χ1v) is 6.93. The number of oxazole rings is 1. The van der Waals surface area contributed by atoms with Crippen LogP contribution in [0.25, 0.3) is 11.2 Å². The van der Waals surface area contributed by atoms with E-state index in [1.807, 2.05) is 37.3 Å². The molecule has 19 heavy (non-hydrogen) atoms. The Kier molecular flexibility index (Phi) is 3.14. The number of pyridine rings is 1. The molecule has 0 spiro atoms. The van der Waals surface area contributed by atoms with Gasteiger partial charge in [0.1, 0.15) is 0 Å². The van der Waals surface area contributed by atoms with E-state index in [1.54, 1.807) is 10.6 Å². The fourth-order valence-corrected chi connectivity index (χ4v) is 2.60. The molecule has 0 aliphatic heterocycles.